The van der Waals surface area contributed by atoms with E-state index in [-0.39, 0.29) is 5.91 Å². The molecule has 0 bridgehead atoms. The van der Waals surface area contributed by atoms with Gasteiger partial charge in [-0.3, -0.25) is 4.79 Å². The molecule has 1 amide bonds. The minimum atomic E-state index is -0.197. The number of piperazine rings is 1. The van der Waals surface area contributed by atoms with E-state index in [4.69, 9.17) is 4.74 Å². The normalized spacial score (nSPS) is 15.7. The van der Waals surface area contributed by atoms with Crippen LogP contribution in [-0.2, 0) is 0 Å². The Labute approximate surface area is 186 Å². The van der Waals surface area contributed by atoms with Crippen LogP contribution in [0.15, 0.2) is 48.7 Å². The number of carbonyl (C=O) groups excluding carboxylic acids is 1. The summed E-state index contributed by atoms with van der Waals surface area (Å²) in [6, 6.07) is 13.4. The van der Waals surface area contributed by atoms with Crippen LogP contribution in [-0.4, -0.2) is 61.1 Å². The molecule has 1 aromatic heterocycles. The maximum absolute atomic E-state index is 12.5. The maximum Gasteiger partial charge on any atom is 0.257 e. The Balaban J connectivity index is 1.39. The summed E-state index contributed by atoms with van der Waals surface area (Å²) in [5, 5.41) is 9.32. The molecule has 3 N–H and O–H groups in total. The van der Waals surface area contributed by atoms with Crippen molar-refractivity contribution in [3.63, 3.8) is 0 Å². The Morgan fingerprint density at radius 2 is 1.84 bits per heavy atom. The number of ether oxygens (including phenoxy) is 1. The quantitative estimate of drug-likeness (QED) is 0.579. The van der Waals surface area contributed by atoms with Crippen LogP contribution in [0.2, 0.25) is 0 Å². The molecule has 164 valence electrons. The van der Waals surface area contributed by atoms with Gasteiger partial charge >= 0.3 is 0 Å². The third-order valence-corrected chi connectivity index (χ3v) is 5.76. The number of likely N-dealkylation sites (N-methyl/N-ethyl adjacent to an activating group) is 1. The fourth-order valence-electron chi connectivity index (χ4n) is 3.90. The van der Waals surface area contributed by atoms with Gasteiger partial charge in [0.15, 0.2) is 5.82 Å². The fraction of sp³-hybridized carbons (Fsp3) is 0.261. The smallest absolute Gasteiger partial charge is 0.257 e. The lowest BCUT2D eigenvalue weighted by atomic mass is 10.1. The lowest BCUT2D eigenvalue weighted by Gasteiger charge is -2.34. The molecule has 9 nitrogen and oxygen atoms in total. The third kappa shape index (κ3) is 3.90. The van der Waals surface area contributed by atoms with Crippen molar-refractivity contribution < 1.29 is 9.53 Å². The third-order valence-electron chi connectivity index (χ3n) is 5.76. The molecule has 2 aromatic carbocycles. The van der Waals surface area contributed by atoms with E-state index in [1.807, 2.05) is 30.3 Å². The number of hydrogen-bond donors (Lipinski definition) is 3. The molecule has 5 rings (SSSR count). The van der Waals surface area contributed by atoms with Gasteiger partial charge in [0, 0.05) is 37.9 Å². The van der Waals surface area contributed by atoms with Crippen LogP contribution >= 0.6 is 0 Å². The standard InChI is InChI=1S/C23H25N7O2/c1-29-9-11-30(12-10-29)15-7-8-18(20(13-15)32-2)27-23-24-14-19-21(28-23)25-17-6-4-3-5-16(17)22(31)26-19/h3-8,13-14H,9-12H2,1-2H3,(H,26,31)(H2,24,25,27,28). The van der Waals surface area contributed by atoms with E-state index >= 15 is 0 Å². The molecule has 1 saturated heterocycles. The first kappa shape index (κ1) is 20.1. The Bertz CT molecular complexity index is 1160. The van der Waals surface area contributed by atoms with Crippen LogP contribution in [0.4, 0.5) is 34.5 Å². The number of benzene rings is 2. The second-order valence-electron chi connectivity index (χ2n) is 7.88. The lowest BCUT2D eigenvalue weighted by molar-refractivity contribution is 0.102. The fourth-order valence-corrected chi connectivity index (χ4v) is 3.90. The monoisotopic (exact) mass is 431 g/mol. The highest BCUT2D eigenvalue weighted by atomic mass is 16.5. The largest absolute Gasteiger partial charge is 0.494 e. The van der Waals surface area contributed by atoms with Gasteiger partial charge in [-0.05, 0) is 31.3 Å². The second kappa shape index (κ2) is 8.35. The SMILES string of the molecule is COc1cc(N2CCN(C)CC2)ccc1Nc1ncc2c(n1)Nc1ccccc1C(=O)N2. The molecule has 2 aliphatic heterocycles. The van der Waals surface area contributed by atoms with E-state index < -0.39 is 0 Å². The van der Waals surface area contributed by atoms with Gasteiger partial charge in [0.05, 0.1) is 30.2 Å². The highest BCUT2D eigenvalue weighted by Gasteiger charge is 2.21. The topological polar surface area (TPSA) is 94.7 Å². The van der Waals surface area contributed by atoms with E-state index in [1.165, 1.54) is 0 Å². The molecule has 1 fully saturated rings. The first-order chi connectivity index (χ1) is 15.6. The Hall–Kier alpha value is -3.85. The second-order valence-corrected chi connectivity index (χ2v) is 7.88. The van der Waals surface area contributed by atoms with E-state index in [1.54, 1.807) is 19.4 Å². The van der Waals surface area contributed by atoms with Crippen molar-refractivity contribution in [2.75, 3.05) is 61.2 Å². The Morgan fingerprint density at radius 1 is 1.03 bits per heavy atom. The summed E-state index contributed by atoms with van der Waals surface area (Å²) in [7, 11) is 3.80. The Kier molecular flexibility index (Phi) is 5.24. The zero-order valence-corrected chi connectivity index (χ0v) is 18.1. The number of amides is 1. The molecular formula is C23H25N7O2. The Morgan fingerprint density at radius 3 is 2.66 bits per heavy atom. The van der Waals surface area contributed by atoms with Crippen LogP contribution in [0, 0.1) is 0 Å². The number of fused-ring (bicyclic) bond motifs is 2. The van der Waals surface area contributed by atoms with Gasteiger partial charge in [-0.2, -0.15) is 4.98 Å². The summed E-state index contributed by atoms with van der Waals surface area (Å²) in [6.45, 7) is 4.05. The molecule has 32 heavy (non-hydrogen) atoms. The van der Waals surface area contributed by atoms with Gasteiger partial charge in [0.2, 0.25) is 5.95 Å². The zero-order valence-electron chi connectivity index (χ0n) is 18.1. The minimum Gasteiger partial charge on any atom is -0.494 e. The molecule has 0 radical (unpaired) electrons. The van der Waals surface area contributed by atoms with Gasteiger partial charge in [-0.25, -0.2) is 4.98 Å². The van der Waals surface area contributed by atoms with Crippen LogP contribution in [0.5, 0.6) is 5.75 Å². The van der Waals surface area contributed by atoms with Crippen molar-refractivity contribution in [3.05, 3.63) is 54.2 Å². The molecule has 0 spiro atoms. The average Bonchev–Trinajstić information content (AvgIpc) is 2.95. The highest BCUT2D eigenvalue weighted by molar-refractivity contribution is 6.11. The van der Waals surface area contributed by atoms with Crippen molar-refractivity contribution >= 4 is 40.4 Å². The predicted octanol–water partition coefficient (Wildman–Crippen LogP) is 3.29. The number of hydrogen-bond acceptors (Lipinski definition) is 8. The molecule has 0 aliphatic carbocycles. The van der Waals surface area contributed by atoms with Crippen molar-refractivity contribution in [1.82, 2.24) is 14.9 Å². The summed E-state index contributed by atoms with van der Waals surface area (Å²) in [5.41, 5.74) is 3.67. The highest BCUT2D eigenvalue weighted by Crippen LogP contribution is 2.34. The number of methoxy groups -OCH3 is 1. The summed E-state index contributed by atoms with van der Waals surface area (Å²) in [4.78, 5) is 26.1. The maximum atomic E-state index is 12.5. The van der Waals surface area contributed by atoms with E-state index in [0.717, 1.165) is 37.6 Å². The van der Waals surface area contributed by atoms with Gasteiger partial charge < -0.3 is 30.5 Å². The van der Waals surface area contributed by atoms with E-state index in [9.17, 15) is 4.79 Å². The predicted molar refractivity (Wildman–Crippen MR) is 126 cm³/mol. The molecule has 0 atom stereocenters. The molecule has 9 heteroatoms. The van der Waals surface area contributed by atoms with Crippen molar-refractivity contribution in [1.29, 1.82) is 0 Å². The minimum absolute atomic E-state index is 0.197. The first-order valence-corrected chi connectivity index (χ1v) is 10.5. The van der Waals surface area contributed by atoms with E-state index in [2.05, 4.69) is 48.8 Å². The van der Waals surface area contributed by atoms with Gasteiger partial charge in [0.25, 0.3) is 5.91 Å². The van der Waals surface area contributed by atoms with Crippen LogP contribution in [0.25, 0.3) is 0 Å². The average molecular weight is 432 g/mol. The zero-order chi connectivity index (χ0) is 22.1. The van der Waals surface area contributed by atoms with Crippen molar-refractivity contribution in [3.8, 4) is 5.75 Å². The summed E-state index contributed by atoms with van der Waals surface area (Å²) in [5.74, 6) is 1.44. The van der Waals surface area contributed by atoms with Crippen LogP contribution in [0.1, 0.15) is 10.4 Å². The molecule has 0 saturated carbocycles. The summed E-state index contributed by atoms with van der Waals surface area (Å²) >= 11 is 0. The number of para-hydroxylation sites is 1. The molecule has 3 aromatic rings. The number of nitrogens with one attached hydrogen (secondary N) is 3. The van der Waals surface area contributed by atoms with Crippen molar-refractivity contribution in [2.24, 2.45) is 0 Å². The first-order valence-electron chi connectivity index (χ1n) is 10.5. The van der Waals surface area contributed by atoms with E-state index in [0.29, 0.717) is 34.5 Å². The molecule has 2 aliphatic rings. The number of rotatable bonds is 4. The molecular weight excluding hydrogens is 406 g/mol. The number of aromatic nitrogens is 2. The lowest BCUT2D eigenvalue weighted by Crippen LogP contribution is -2.44. The van der Waals surface area contributed by atoms with Crippen molar-refractivity contribution in [2.45, 2.75) is 0 Å². The van der Waals surface area contributed by atoms with Gasteiger partial charge in [-0.15, -0.1) is 0 Å². The van der Waals surface area contributed by atoms with Gasteiger partial charge in [0.1, 0.15) is 11.4 Å². The molecule has 3 heterocycles. The summed E-state index contributed by atoms with van der Waals surface area (Å²) in [6.07, 6.45) is 1.59. The number of nitrogens with zero attached hydrogens (tertiary/aromatic N) is 4. The van der Waals surface area contributed by atoms with Crippen LogP contribution < -0.4 is 25.6 Å². The summed E-state index contributed by atoms with van der Waals surface area (Å²) < 4.78 is 5.64. The number of anilines is 6. The van der Waals surface area contributed by atoms with Crippen LogP contribution in [0.3, 0.4) is 0 Å². The number of carbonyl (C=O) groups is 1. The molecule has 0 unspecified atom stereocenters. The van der Waals surface area contributed by atoms with Gasteiger partial charge in [-0.1, -0.05) is 12.1 Å².